The van der Waals surface area contributed by atoms with Crippen molar-refractivity contribution in [2.45, 2.75) is 37.4 Å². The van der Waals surface area contributed by atoms with Crippen LogP contribution in [0.2, 0.25) is 0 Å². The van der Waals surface area contributed by atoms with Crippen molar-refractivity contribution in [2.24, 2.45) is 0 Å². The molecule has 0 unspecified atom stereocenters. The van der Waals surface area contributed by atoms with Crippen molar-refractivity contribution in [3.63, 3.8) is 0 Å². The first-order valence-electron chi connectivity index (χ1n) is 5.94. The summed E-state index contributed by atoms with van der Waals surface area (Å²) in [4.78, 5) is 9.62. The fourth-order valence-corrected chi connectivity index (χ4v) is 3.53. The summed E-state index contributed by atoms with van der Waals surface area (Å²) in [6.07, 6.45) is 1.46. The van der Waals surface area contributed by atoms with E-state index in [-0.39, 0.29) is 0 Å². The highest BCUT2D eigenvalue weighted by Crippen LogP contribution is 2.29. The number of nitrogen functional groups attached to an aromatic ring is 1. The van der Waals surface area contributed by atoms with E-state index in [2.05, 4.69) is 9.97 Å². The maximum absolute atomic E-state index is 10.2. The van der Waals surface area contributed by atoms with Crippen molar-refractivity contribution in [3.05, 3.63) is 11.4 Å². The van der Waals surface area contributed by atoms with Crippen LogP contribution in [0.15, 0.2) is 16.6 Å². The van der Waals surface area contributed by atoms with Crippen molar-refractivity contribution in [3.8, 4) is 0 Å². The fourth-order valence-electron chi connectivity index (χ4n) is 1.58. The van der Waals surface area contributed by atoms with Crippen LogP contribution >= 0.6 is 23.1 Å². The highest BCUT2D eigenvalue weighted by molar-refractivity contribution is 7.99. The van der Waals surface area contributed by atoms with E-state index in [0.29, 0.717) is 16.7 Å². The Morgan fingerprint density at radius 1 is 1.39 bits per heavy atom. The fraction of sp³-hybridized carbons (Fsp3) is 0.500. The highest BCUT2D eigenvalue weighted by Gasteiger charge is 2.23. The minimum absolute atomic E-state index is 0.514. The van der Waals surface area contributed by atoms with Crippen molar-refractivity contribution >= 4 is 39.1 Å². The average Bonchev–Trinajstić information content (AvgIpc) is 2.85. The van der Waals surface area contributed by atoms with Gasteiger partial charge in [-0.15, -0.1) is 11.3 Å². The van der Waals surface area contributed by atoms with Gasteiger partial charge >= 0.3 is 0 Å². The number of aromatic nitrogens is 2. The standard InChI is InChI=1S/C12H17N3OS2/c1-3-12(16,4-2)7-18-11-14-9(13)8-5-6-17-10(8)15-11/h5-6,16H,3-4,7H2,1-2H3,(H2,13,14,15). The molecule has 98 valence electrons. The average molecular weight is 283 g/mol. The second-order valence-electron chi connectivity index (χ2n) is 4.25. The highest BCUT2D eigenvalue weighted by atomic mass is 32.2. The smallest absolute Gasteiger partial charge is 0.190 e. The summed E-state index contributed by atoms with van der Waals surface area (Å²) in [5, 5.41) is 13.7. The molecule has 0 saturated carbocycles. The normalized spacial score (nSPS) is 12.2. The monoisotopic (exact) mass is 283 g/mol. The molecule has 0 aliphatic heterocycles. The van der Waals surface area contributed by atoms with E-state index in [1.165, 1.54) is 11.8 Å². The number of rotatable bonds is 5. The summed E-state index contributed by atoms with van der Waals surface area (Å²) >= 11 is 3.02. The van der Waals surface area contributed by atoms with Gasteiger partial charge in [0.05, 0.1) is 11.0 Å². The zero-order valence-corrected chi connectivity index (χ0v) is 12.1. The molecule has 2 rings (SSSR count). The van der Waals surface area contributed by atoms with Gasteiger partial charge in [-0.1, -0.05) is 25.6 Å². The minimum Gasteiger partial charge on any atom is -0.389 e. The lowest BCUT2D eigenvalue weighted by molar-refractivity contribution is 0.0571. The van der Waals surface area contributed by atoms with E-state index in [4.69, 9.17) is 5.73 Å². The summed E-state index contributed by atoms with van der Waals surface area (Å²) in [6, 6.07) is 1.93. The van der Waals surface area contributed by atoms with Crippen molar-refractivity contribution < 1.29 is 5.11 Å². The molecule has 4 nitrogen and oxygen atoms in total. The van der Waals surface area contributed by atoms with Crippen LogP contribution in [0.3, 0.4) is 0 Å². The number of nitrogens with two attached hydrogens (primary N) is 1. The minimum atomic E-state index is -0.646. The predicted octanol–water partition coefficient (Wildman–Crippen LogP) is 2.92. The number of hydrogen-bond donors (Lipinski definition) is 2. The Morgan fingerprint density at radius 3 is 2.78 bits per heavy atom. The van der Waals surface area contributed by atoms with Crippen LogP contribution < -0.4 is 5.73 Å². The van der Waals surface area contributed by atoms with Gasteiger partial charge in [0.25, 0.3) is 0 Å². The van der Waals surface area contributed by atoms with Gasteiger partial charge in [0.1, 0.15) is 10.6 Å². The number of anilines is 1. The molecule has 2 aromatic heterocycles. The lowest BCUT2D eigenvalue weighted by Gasteiger charge is -2.23. The molecule has 0 aromatic carbocycles. The summed E-state index contributed by atoms with van der Waals surface area (Å²) in [6.45, 7) is 3.98. The van der Waals surface area contributed by atoms with Gasteiger partial charge in [-0.25, -0.2) is 9.97 Å². The van der Waals surface area contributed by atoms with E-state index >= 15 is 0 Å². The van der Waals surface area contributed by atoms with Crippen LogP contribution in [0.5, 0.6) is 0 Å². The molecule has 2 heterocycles. The molecule has 0 fully saturated rings. The molecule has 0 radical (unpaired) electrons. The Morgan fingerprint density at radius 2 is 2.11 bits per heavy atom. The van der Waals surface area contributed by atoms with Crippen LogP contribution in [0, 0.1) is 0 Å². The SMILES string of the molecule is CCC(O)(CC)CSc1nc(N)c2ccsc2n1. The predicted molar refractivity (Wildman–Crippen MR) is 78.1 cm³/mol. The Balaban J connectivity index is 2.17. The molecule has 0 bridgehead atoms. The quantitative estimate of drug-likeness (QED) is 0.652. The summed E-state index contributed by atoms with van der Waals surface area (Å²) in [5.41, 5.74) is 5.24. The van der Waals surface area contributed by atoms with Crippen LogP contribution in [0.1, 0.15) is 26.7 Å². The number of nitrogens with zero attached hydrogens (tertiary/aromatic N) is 2. The molecule has 3 N–H and O–H groups in total. The first-order chi connectivity index (χ1) is 8.58. The maximum atomic E-state index is 10.2. The molecule has 0 aliphatic rings. The molecular formula is C12H17N3OS2. The van der Waals surface area contributed by atoms with E-state index in [1.54, 1.807) is 11.3 Å². The summed E-state index contributed by atoms with van der Waals surface area (Å²) < 4.78 is 0. The third-order valence-corrected chi connectivity index (χ3v) is 5.05. The van der Waals surface area contributed by atoms with Gasteiger partial charge in [0, 0.05) is 5.75 Å². The number of fused-ring (bicyclic) bond motifs is 1. The summed E-state index contributed by atoms with van der Waals surface area (Å²) in [7, 11) is 0. The zero-order chi connectivity index (χ0) is 13.2. The van der Waals surface area contributed by atoms with Crippen LogP contribution in [-0.4, -0.2) is 26.4 Å². The number of aliphatic hydroxyl groups is 1. The largest absolute Gasteiger partial charge is 0.389 e. The number of thioether (sulfide) groups is 1. The molecule has 2 aromatic rings. The molecule has 0 saturated heterocycles. The molecule has 0 atom stereocenters. The van der Waals surface area contributed by atoms with E-state index in [0.717, 1.165) is 23.1 Å². The molecule has 6 heteroatoms. The molecule has 0 spiro atoms. The van der Waals surface area contributed by atoms with Crippen LogP contribution in [0.4, 0.5) is 5.82 Å². The van der Waals surface area contributed by atoms with Crippen LogP contribution in [0.25, 0.3) is 10.2 Å². The van der Waals surface area contributed by atoms with Gasteiger partial charge in [-0.05, 0) is 24.3 Å². The lowest BCUT2D eigenvalue weighted by atomic mass is 10.0. The third kappa shape index (κ3) is 2.76. The Kier molecular flexibility index (Phi) is 4.09. The van der Waals surface area contributed by atoms with Gasteiger partial charge < -0.3 is 10.8 Å². The Labute approximate surface area is 115 Å². The Hall–Kier alpha value is -0.850. The van der Waals surface area contributed by atoms with Crippen LogP contribution in [-0.2, 0) is 0 Å². The van der Waals surface area contributed by atoms with E-state index < -0.39 is 5.60 Å². The molecular weight excluding hydrogens is 266 g/mol. The van der Waals surface area contributed by atoms with Crippen molar-refractivity contribution in [1.29, 1.82) is 0 Å². The zero-order valence-electron chi connectivity index (χ0n) is 10.5. The topological polar surface area (TPSA) is 72.0 Å². The van der Waals surface area contributed by atoms with Crippen molar-refractivity contribution in [1.82, 2.24) is 9.97 Å². The Bertz CT molecular complexity index is 537. The second kappa shape index (κ2) is 5.42. The maximum Gasteiger partial charge on any atom is 0.190 e. The number of hydrogen-bond acceptors (Lipinski definition) is 6. The first-order valence-corrected chi connectivity index (χ1v) is 7.80. The third-order valence-electron chi connectivity index (χ3n) is 3.12. The lowest BCUT2D eigenvalue weighted by Crippen LogP contribution is -2.29. The summed E-state index contributed by atoms with van der Waals surface area (Å²) in [5.74, 6) is 1.11. The first kappa shape index (κ1) is 13.6. The van der Waals surface area contributed by atoms with Gasteiger partial charge in [0.2, 0.25) is 0 Å². The van der Waals surface area contributed by atoms with E-state index in [9.17, 15) is 5.11 Å². The molecule has 0 amide bonds. The second-order valence-corrected chi connectivity index (χ2v) is 6.09. The van der Waals surface area contributed by atoms with Gasteiger partial charge in [-0.2, -0.15) is 0 Å². The number of thiophene rings is 1. The molecule has 18 heavy (non-hydrogen) atoms. The van der Waals surface area contributed by atoms with E-state index in [1.807, 2.05) is 25.3 Å². The van der Waals surface area contributed by atoms with Gasteiger partial charge in [-0.3, -0.25) is 0 Å². The van der Waals surface area contributed by atoms with Gasteiger partial charge in [0.15, 0.2) is 5.16 Å². The van der Waals surface area contributed by atoms with Crippen molar-refractivity contribution in [2.75, 3.05) is 11.5 Å². The molecule has 0 aliphatic carbocycles.